The third-order valence-corrected chi connectivity index (χ3v) is 1.91. The van der Waals surface area contributed by atoms with E-state index in [2.05, 4.69) is 37.8 Å². The molecular weight excluding hydrogens is 152 g/mol. The fourth-order valence-corrected chi connectivity index (χ4v) is 1.25. The van der Waals surface area contributed by atoms with Crippen molar-refractivity contribution in [1.82, 2.24) is 0 Å². The summed E-state index contributed by atoms with van der Waals surface area (Å²) in [7, 11) is 0. The number of thiol groups is 1. The van der Waals surface area contributed by atoms with Crippen LogP contribution in [0, 0.1) is 0 Å². The quantitative estimate of drug-likeness (QED) is 0.636. The molecule has 0 saturated heterocycles. The molecule has 0 saturated carbocycles. The molecule has 0 aliphatic carbocycles. The van der Waals surface area contributed by atoms with Crippen LogP contribution in [0.1, 0.15) is 18.9 Å². The van der Waals surface area contributed by atoms with Gasteiger partial charge in [-0.25, -0.2) is 0 Å². The molecule has 0 fully saturated rings. The predicted octanol–water partition coefficient (Wildman–Crippen LogP) is 3.37. The minimum Gasteiger partial charge on any atom is -0.143 e. The Morgan fingerprint density at radius 2 is 2.00 bits per heavy atom. The maximum Gasteiger partial charge on any atom is 0.00724 e. The molecule has 0 amide bonds. The van der Waals surface area contributed by atoms with E-state index in [-0.39, 0.29) is 0 Å². The maximum absolute atomic E-state index is 4.36. The van der Waals surface area contributed by atoms with Gasteiger partial charge < -0.3 is 0 Å². The lowest BCUT2D eigenvalue weighted by Crippen LogP contribution is -1.73. The van der Waals surface area contributed by atoms with Gasteiger partial charge >= 0.3 is 0 Å². The Hall–Kier alpha value is -0.690. The minimum absolute atomic E-state index is 1.04. The first-order chi connectivity index (χ1) is 5.34. The predicted molar refractivity (Wildman–Crippen MR) is 53.7 cm³/mol. The molecule has 0 radical (unpaired) electrons. The molecule has 11 heavy (non-hydrogen) atoms. The zero-order valence-electron chi connectivity index (χ0n) is 6.62. The summed E-state index contributed by atoms with van der Waals surface area (Å²) < 4.78 is 0. The summed E-state index contributed by atoms with van der Waals surface area (Å²) in [4.78, 5) is 1.06. The number of benzene rings is 1. The van der Waals surface area contributed by atoms with Gasteiger partial charge in [-0.05, 0) is 12.0 Å². The van der Waals surface area contributed by atoms with Gasteiger partial charge in [-0.1, -0.05) is 43.3 Å². The highest BCUT2D eigenvalue weighted by atomic mass is 32.1. The highest BCUT2D eigenvalue weighted by Crippen LogP contribution is 2.17. The van der Waals surface area contributed by atoms with E-state index in [1.807, 2.05) is 18.2 Å². The Kier molecular flexibility index (Phi) is 3.24. The second kappa shape index (κ2) is 4.24. The van der Waals surface area contributed by atoms with Gasteiger partial charge in [0.05, 0.1) is 0 Å². The molecule has 1 heteroatoms. The summed E-state index contributed by atoms with van der Waals surface area (Å²) in [5.41, 5.74) is 1.19. The van der Waals surface area contributed by atoms with E-state index < -0.39 is 0 Å². The Balaban J connectivity index is 2.85. The zero-order chi connectivity index (χ0) is 8.10. The van der Waals surface area contributed by atoms with Gasteiger partial charge in [0.25, 0.3) is 0 Å². The minimum atomic E-state index is 1.04. The fraction of sp³-hybridized carbons (Fsp3) is 0.200. The molecule has 1 aromatic rings. The van der Waals surface area contributed by atoms with Crippen LogP contribution in [0.25, 0.3) is 4.91 Å². The largest absolute Gasteiger partial charge is 0.143 e. The number of allylic oxidation sites excluding steroid dienone is 1. The van der Waals surface area contributed by atoms with Gasteiger partial charge in [0.2, 0.25) is 0 Å². The molecule has 0 unspecified atom stereocenters. The van der Waals surface area contributed by atoms with E-state index in [0.717, 1.165) is 11.3 Å². The lowest BCUT2D eigenvalue weighted by atomic mass is 10.2. The molecule has 0 bridgehead atoms. The van der Waals surface area contributed by atoms with E-state index in [9.17, 15) is 0 Å². The van der Waals surface area contributed by atoms with Crippen molar-refractivity contribution >= 4 is 17.5 Å². The fourth-order valence-electron chi connectivity index (χ4n) is 0.920. The van der Waals surface area contributed by atoms with Gasteiger partial charge in [-0.3, -0.25) is 0 Å². The van der Waals surface area contributed by atoms with Crippen LogP contribution in [0.5, 0.6) is 0 Å². The van der Waals surface area contributed by atoms with Crippen LogP contribution < -0.4 is 0 Å². The molecule has 0 nitrogen and oxygen atoms in total. The van der Waals surface area contributed by atoms with Crippen molar-refractivity contribution in [2.24, 2.45) is 0 Å². The Morgan fingerprint density at radius 1 is 1.36 bits per heavy atom. The molecule has 0 N–H and O–H groups in total. The molecule has 0 heterocycles. The second-order valence-electron chi connectivity index (χ2n) is 2.36. The first-order valence-corrected chi connectivity index (χ1v) is 4.24. The van der Waals surface area contributed by atoms with Gasteiger partial charge in [0.1, 0.15) is 0 Å². The average Bonchev–Trinajstić information content (AvgIpc) is 2.07. The number of hydrogen-bond donors (Lipinski definition) is 1. The standard InChI is InChI=1S/C10H12S/c1-2-6-10(11)9-7-4-3-5-8-9/h3-8,11H,2H2,1H3/b10-6-. The van der Waals surface area contributed by atoms with E-state index in [0.29, 0.717) is 0 Å². The molecule has 58 valence electrons. The zero-order valence-corrected chi connectivity index (χ0v) is 7.51. The lowest BCUT2D eigenvalue weighted by Gasteiger charge is -1.97. The Bertz CT molecular complexity index is 236. The number of hydrogen-bond acceptors (Lipinski definition) is 1. The smallest absolute Gasteiger partial charge is 0.00724 e. The van der Waals surface area contributed by atoms with Gasteiger partial charge in [-0.2, -0.15) is 0 Å². The highest BCUT2D eigenvalue weighted by Gasteiger charge is 1.91. The van der Waals surface area contributed by atoms with E-state index in [1.165, 1.54) is 5.56 Å². The van der Waals surface area contributed by atoms with Crippen molar-refractivity contribution in [3.8, 4) is 0 Å². The van der Waals surface area contributed by atoms with Crippen LogP contribution in [-0.2, 0) is 0 Å². The van der Waals surface area contributed by atoms with Crippen molar-refractivity contribution in [2.45, 2.75) is 13.3 Å². The SMILES string of the molecule is CC/C=C(\S)c1ccccc1. The van der Waals surface area contributed by atoms with E-state index in [1.54, 1.807) is 0 Å². The summed E-state index contributed by atoms with van der Waals surface area (Å²) in [6.07, 6.45) is 3.15. The summed E-state index contributed by atoms with van der Waals surface area (Å²) in [6, 6.07) is 10.2. The molecule has 0 aliphatic rings. The molecule has 1 aromatic carbocycles. The van der Waals surface area contributed by atoms with E-state index >= 15 is 0 Å². The topological polar surface area (TPSA) is 0 Å². The first kappa shape index (κ1) is 8.41. The lowest BCUT2D eigenvalue weighted by molar-refractivity contribution is 1.23. The summed E-state index contributed by atoms with van der Waals surface area (Å²) >= 11 is 4.36. The van der Waals surface area contributed by atoms with Crippen molar-refractivity contribution in [3.63, 3.8) is 0 Å². The molecule has 1 rings (SSSR count). The third-order valence-electron chi connectivity index (χ3n) is 1.47. The molecule has 0 atom stereocenters. The summed E-state index contributed by atoms with van der Waals surface area (Å²) in [5, 5.41) is 0. The number of rotatable bonds is 2. The van der Waals surface area contributed by atoms with Crippen molar-refractivity contribution in [1.29, 1.82) is 0 Å². The summed E-state index contributed by atoms with van der Waals surface area (Å²) in [6.45, 7) is 2.11. The van der Waals surface area contributed by atoms with Gasteiger partial charge in [0.15, 0.2) is 0 Å². The molecular formula is C10H12S. The Morgan fingerprint density at radius 3 is 2.55 bits per heavy atom. The summed E-state index contributed by atoms with van der Waals surface area (Å²) in [5.74, 6) is 0. The second-order valence-corrected chi connectivity index (χ2v) is 2.85. The highest BCUT2D eigenvalue weighted by molar-refractivity contribution is 7.90. The first-order valence-electron chi connectivity index (χ1n) is 3.79. The third kappa shape index (κ3) is 2.43. The van der Waals surface area contributed by atoms with Crippen molar-refractivity contribution in [2.75, 3.05) is 0 Å². The van der Waals surface area contributed by atoms with Crippen LogP contribution in [0.2, 0.25) is 0 Å². The van der Waals surface area contributed by atoms with Crippen LogP contribution in [0.4, 0.5) is 0 Å². The van der Waals surface area contributed by atoms with Crippen molar-refractivity contribution in [3.05, 3.63) is 42.0 Å². The van der Waals surface area contributed by atoms with Crippen LogP contribution >= 0.6 is 12.6 Å². The van der Waals surface area contributed by atoms with Crippen LogP contribution in [0.15, 0.2) is 36.4 Å². The van der Waals surface area contributed by atoms with Crippen LogP contribution in [0.3, 0.4) is 0 Å². The average molecular weight is 164 g/mol. The molecule has 0 spiro atoms. The molecule has 0 aromatic heterocycles. The van der Waals surface area contributed by atoms with E-state index in [4.69, 9.17) is 0 Å². The maximum atomic E-state index is 4.36. The normalized spacial score (nSPS) is 11.6. The van der Waals surface area contributed by atoms with Gasteiger partial charge in [-0.15, -0.1) is 12.6 Å². The van der Waals surface area contributed by atoms with Crippen LogP contribution in [-0.4, -0.2) is 0 Å². The molecule has 0 aliphatic heterocycles. The monoisotopic (exact) mass is 164 g/mol. The Labute approximate surface area is 73.4 Å². The van der Waals surface area contributed by atoms with Crippen molar-refractivity contribution < 1.29 is 0 Å². The van der Waals surface area contributed by atoms with Gasteiger partial charge in [0, 0.05) is 4.91 Å².